The third kappa shape index (κ3) is 6.09. The van der Waals surface area contributed by atoms with Crippen LogP contribution < -0.4 is 0 Å². The average molecular weight is 735 g/mol. The van der Waals surface area contributed by atoms with Crippen molar-refractivity contribution in [2.45, 2.75) is 105 Å². The molecule has 8 aromatic rings. The van der Waals surface area contributed by atoms with Crippen molar-refractivity contribution >= 4 is 49.3 Å². The maximum atomic E-state index is 8.43. The number of rotatable bonds is 3. The summed E-state index contributed by atoms with van der Waals surface area (Å²) in [5.74, 6) is 0. The summed E-state index contributed by atoms with van der Waals surface area (Å²) in [6, 6.07) is 35.9. The molecule has 56 heavy (non-hydrogen) atoms. The van der Waals surface area contributed by atoms with E-state index >= 15 is 0 Å². The van der Waals surface area contributed by atoms with Crippen LogP contribution in [0.4, 0.5) is 5.69 Å². The van der Waals surface area contributed by atoms with Gasteiger partial charge in [-0.2, -0.15) is 0 Å². The van der Waals surface area contributed by atoms with Gasteiger partial charge in [0, 0.05) is 27.1 Å². The summed E-state index contributed by atoms with van der Waals surface area (Å²) in [6.45, 7) is 35.7. The first kappa shape index (κ1) is 37.3. The lowest BCUT2D eigenvalue weighted by Gasteiger charge is -2.23. The summed E-state index contributed by atoms with van der Waals surface area (Å²) in [5.41, 5.74) is 13.8. The van der Waals surface area contributed by atoms with Crippen molar-refractivity contribution in [3.63, 3.8) is 0 Å². The van der Waals surface area contributed by atoms with Gasteiger partial charge in [-0.3, -0.25) is 4.98 Å². The molecule has 0 aliphatic carbocycles. The molecule has 0 bridgehead atoms. The number of hydrogen-bond donors (Lipinski definition) is 0. The van der Waals surface area contributed by atoms with E-state index in [9.17, 15) is 0 Å². The van der Waals surface area contributed by atoms with Gasteiger partial charge in [-0.1, -0.05) is 156 Å². The standard InChI is InChI=1S/C52H54N4/c1-49(2,3)32-18-22-36-37-23-19-33(50(4,5)6)27-43(37)55(42(36)26-32)46-30-54-31-47(48(46)40-16-14-15-17-41(40)53-13)56-44-28-34(51(7,8)9)20-24-38(44)39-25-21-35(29-45(39)56)52(10,11)12/h14-31H,1-12H3. The van der Waals surface area contributed by atoms with Gasteiger partial charge in [-0.15, -0.1) is 0 Å². The Bertz CT molecular complexity index is 2590. The van der Waals surface area contributed by atoms with Gasteiger partial charge >= 0.3 is 0 Å². The molecule has 0 unspecified atom stereocenters. The highest BCUT2D eigenvalue weighted by Gasteiger charge is 2.27. The summed E-state index contributed by atoms with van der Waals surface area (Å²) >= 11 is 0. The molecule has 0 radical (unpaired) electrons. The fourth-order valence-electron chi connectivity index (χ4n) is 8.26. The molecule has 3 heterocycles. The summed E-state index contributed by atoms with van der Waals surface area (Å²) in [4.78, 5) is 9.27. The second-order valence-corrected chi connectivity index (χ2v) is 19.8. The Morgan fingerprint density at radius 3 is 1.07 bits per heavy atom. The number of fused-ring (bicyclic) bond motifs is 6. The highest BCUT2D eigenvalue weighted by atomic mass is 15.0. The molecule has 0 aliphatic rings. The molecule has 3 aromatic heterocycles. The zero-order chi connectivity index (χ0) is 40.1. The summed E-state index contributed by atoms with van der Waals surface area (Å²) in [7, 11) is 0. The Morgan fingerprint density at radius 1 is 0.446 bits per heavy atom. The normalized spacial score (nSPS) is 13.0. The van der Waals surface area contributed by atoms with Crippen LogP contribution in [0.3, 0.4) is 0 Å². The fourth-order valence-corrected chi connectivity index (χ4v) is 8.26. The maximum Gasteiger partial charge on any atom is 0.195 e. The first-order chi connectivity index (χ1) is 26.3. The monoisotopic (exact) mass is 734 g/mol. The second kappa shape index (κ2) is 12.7. The molecule has 8 rings (SSSR count). The van der Waals surface area contributed by atoms with Crippen molar-refractivity contribution < 1.29 is 0 Å². The van der Waals surface area contributed by atoms with Gasteiger partial charge in [0.05, 0.1) is 52.4 Å². The minimum atomic E-state index is -0.0514. The Labute approximate surface area is 332 Å². The van der Waals surface area contributed by atoms with Gasteiger partial charge in [-0.25, -0.2) is 4.85 Å². The minimum absolute atomic E-state index is 0.0514. The number of para-hydroxylation sites is 1. The topological polar surface area (TPSA) is 27.1 Å². The molecule has 4 heteroatoms. The number of benzene rings is 5. The molecule has 0 atom stereocenters. The van der Waals surface area contributed by atoms with Crippen LogP contribution in [-0.4, -0.2) is 14.1 Å². The van der Waals surface area contributed by atoms with E-state index in [-0.39, 0.29) is 21.7 Å². The van der Waals surface area contributed by atoms with Crippen LogP contribution in [-0.2, 0) is 21.7 Å². The summed E-state index contributed by atoms with van der Waals surface area (Å²) in [6.07, 6.45) is 4.03. The molecule has 5 aromatic carbocycles. The first-order valence-corrected chi connectivity index (χ1v) is 19.9. The van der Waals surface area contributed by atoms with E-state index in [4.69, 9.17) is 11.6 Å². The van der Waals surface area contributed by atoms with Crippen LogP contribution in [0.5, 0.6) is 0 Å². The van der Waals surface area contributed by atoms with Gasteiger partial charge in [0.2, 0.25) is 0 Å². The van der Waals surface area contributed by atoms with Crippen LogP contribution in [0.15, 0.2) is 109 Å². The lowest BCUT2D eigenvalue weighted by atomic mass is 9.86. The molecule has 0 aliphatic heterocycles. The third-order valence-electron chi connectivity index (χ3n) is 11.7. The predicted molar refractivity (Wildman–Crippen MR) is 239 cm³/mol. The SMILES string of the molecule is [C-]#[N+]c1ccccc1-c1c(-n2c3cc(C(C)(C)C)ccc3c3ccc(C(C)(C)C)cc32)cncc1-n1c2cc(C(C)(C)C)ccc2c2ccc(C(C)(C)C)cc21. The summed E-state index contributed by atoms with van der Waals surface area (Å²) < 4.78 is 4.85. The number of pyridine rings is 1. The molecular formula is C52H54N4. The minimum Gasteiger partial charge on any atom is -0.307 e. The molecule has 0 amide bonds. The maximum absolute atomic E-state index is 8.43. The van der Waals surface area contributed by atoms with Gasteiger partial charge in [0.15, 0.2) is 5.69 Å². The molecular weight excluding hydrogens is 681 g/mol. The average Bonchev–Trinajstić information content (AvgIpc) is 3.64. The lowest BCUT2D eigenvalue weighted by Crippen LogP contribution is -2.12. The molecule has 282 valence electrons. The molecule has 0 fully saturated rings. The van der Waals surface area contributed by atoms with Crippen molar-refractivity contribution in [2.24, 2.45) is 0 Å². The van der Waals surface area contributed by atoms with Crippen molar-refractivity contribution in [2.75, 3.05) is 0 Å². The van der Waals surface area contributed by atoms with Crippen LogP contribution in [0.25, 0.3) is 71.0 Å². The van der Waals surface area contributed by atoms with Crippen LogP contribution in [0.2, 0.25) is 0 Å². The lowest BCUT2D eigenvalue weighted by molar-refractivity contribution is 0.590. The van der Waals surface area contributed by atoms with E-state index in [2.05, 4.69) is 182 Å². The number of nitrogens with zero attached hydrogens (tertiary/aromatic N) is 4. The molecule has 0 spiro atoms. The fraction of sp³-hybridized carbons (Fsp3) is 0.308. The van der Waals surface area contributed by atoms with Crippen LogP contribution >= 0.6 is 0 Å². The predicted octanol–water partition coefficient (Wildman–Crippen LogP) is 14.7. The second-order valence-electron chi connectivity index (χ2n) is 19.8. The van der Waals surface area contributed by atoms with Crippen molar-refractivity contribution in [3.8, 4) is 22.5 Å². The van der Waals surface area contributed by atoms with E-state index in [1.807, 2.05) is 24.5 Å². The van der Waals surface area contributed by atoms with Crippen LogP contribution in [0.1, 0.15) is 105 Å². The van der Waals surface area contributed by atoms with E-state index < -0.39 is 0 Å². The molecule has 0 saturated heterocycles. The van der Waals surface area contributed by atoms with Crippen molar-refractivity contribution in [3.05, 3.63) is 143 Å². The number of aromatic nitrogens is 3. The van der Waals surface area contributed by atoms with Crippen LogP contribution in [0, 0.1) is 6.57 Å². The quantitative estimate of drug-likeness (QED) is 0.166. The molecule has 0 N–H and O–H groups in total. The summed E-state index contributed by atoms with van der Waals surface area (Å²) in [5, 5.41) is 4.80. The molecule has 0 saturated carbocycles. The highest BCUT2D eigenvalue weighted by Crippen LogP contribution is 2.46. The number of hydrogen-bond acceptors (Lipinski definition) is 1. The van der Waals surface area contributed by atoms with Gasteiger partial charge in [-0.05, 0) is 73.7 Å². The largest absolute Gasteiger partial charge is 0.307 e. The van der Waals surface area contributed by atoms with E-state index in [0.29, 0.717) is 5.69 Å². The zero-order valence-corrected chi connectivity index (χ0v) is 35.2. The Balaban J connectivity index is 1.61. The Kier molecular flexibility index (Phi) is 8.44. The van der Waals surface area contributed by atoms with E-state index in [1.54, 1.807) is 0 Å². The van der Waals surface area contributed by atoms with Crippen molar-refractivity contribution in [1.29, 1.82) is 0 Å². The zero-order valence-electron chi connectivity index (χ0n) is 35.2. The molecule has 4 nitrogen and oxygen atoms in total. The smallest absolute Gasteiger partial charge is 0.195 e. The van der Waals surface area contributed by atoms with Gasteiger partial charge in [0.25, 0.3) is 0 Å². The first-order valence-electron chi connectivity index (χ1n) is 19.9. The van der Waals surface area contributed by atoms with Gasteiger partial charge in [0.1, 0.15) is 0 Å². The Morgan fingerprint density at radius 2 is 0.768 bits per heavy atom. The Hall–Kier alpha value is -5.66. The third-order valence-corrected chi connectivity index (χ3v) is 11.7. The van der Waals surface area contributed by atoms with Crippen molar-refractivity contribution in [1.82, 2.24) is 14.1 Å². The van der Waals surface area contributed by atoms with E-state index in [0.717, 1.165) is 44.6 Å². The van der Waals surface area contributed by atoms with E-state index in [1.165, 1.54) is 43.8 Å². The highest BCUT2D eigenvalue weighted by molar-refractivity contribution is 6.12. The van der Waals surface area contributed by atoms with Gasteiger partial charge < -0.3 is 9.13 Å².